The van der Waals surface area contributed by atoms with E-state index in [1.807, 2.05) is 25.7 Å². The SMILES string of the molecule is CN1CCCc2cc(CNC3=NCC4CN(C(=O)OC(C)(C)C)CCN34)ccc21. The van der Waals surface area contributed by atoms with E-state index in [2.05, 4.69) is 40.4 Å². The standard InChI is InChI=1S/C22H33N5O2/c1-22(2,3)29-21(28)26-10-11-27-18(15-26)14-24-20(27)23-13-16-7-8-19-17(12-16)6-5-9-25(19)4/h7-8,12,18H,5-6,9-11,13-15H2,1-4H3,(H,23,24). The summed E-state index contributed by atoms with van der Waals surface area (Å²) in [5.41, 5.74) is 3.63. The van der Waals surface area contributed by atoms with Gasteiger partial charge >= 0.3 is 6.09 Å². The van der Waals surface area contributed by atoms with Gasteiger partial charge in [0.2, 0.25) is 0 Å². The average Bonchev–Trinajstić information content (AvgIpc) is 3.07. The van der Waals surface area contributed by atoms with Gasteiger partial charge in [-0.15, -0.1) is 0 Å². The molecule has 1 unspecified atom stereocenters. The van der Waals surface area contributed by atoms with Crippen molar-refractivity contribution in [3.63, 3.8) is 0 Å². The fourth-order valence-corrected chi connectivity index (χ4v) is 4.35. The van der Waals surface area contributed by atoms with Gasteiger partial charge in [-0.05, 0) is 50.8 Å². The molecule has 1 aromatic rings. The summed E-state index contributed by atoms with van der Waals surface area (Å²) >= 11 is 0. The van der Waals surface area contributed by atoms with E-state index >= 15 is 0 Å². The summed E-state index contributed by atoms with van der Waals surface area (Å²) in [4.78, 5) is 23.5. The molecule has 0 bridgehead atoms. The summed E-state index contributed by atoms with van der Waals surface area (Å²) < 4.78 is 5.52. The van der Waals surface area contributed by atoms with Gasteiger partial charge in [0.1, 0.15) is 5.60 Å². The number of ether oxygens (including phenoxy) is 1. The maximum Gasteiger partial charge on any atom is 0.410 e. The molecule has 1 N–H and O–H groups in total. The predicted molar refractivity (Wildman–Crippen MR) is 115 cm³/mol. The first kappa shape index (κ1) is 19.9. The Kier molecular flexibility index (Phi) is 5.32. The van der Waals surface area contributed by atoms with E-state index in [1.54, 1.807) is 0 Å². The predicted octanol–water partition coefficient (Wildman–Crippen LogP) is 2.45. The molecule has 0 aliphatic carbocycles. The smallest absolute Gasteiger partial charge is 0.410 e. The minimum absolute atomic E-state index is 0.224. The Balaban J connectivity index is 1.32. The van der Waals surface area contributed by atoms with Crippen molar-refractivity contribution < 1.29 is 9.53 Å². The zero-order valence-corrected chi connectivity index (χ0v) is 18.1. The van der Waals surface area contributed by atoms with Gasteiger partial charge in [0.25, 0.3) is 0 Å². The Morgan fingerprint density at radius 3 is 2.90 bits per heavy atom. The number of hydrogen-bond donors (Lipinski definition) is 1. The van der Waals surface area contributed by atoms with Crippen LogP contribution in [-0.4, -0.2) is 73.3 Å². The maximum atomic E-state index is 12.4. The third kappa shape index (κ3) is 4.43. The summed E-state index contributed by atoms with van der Waals surface area (Å²) in [6.45, 7) is 10.4. The first-order valence-corrected chi connectivity index (χ1v) is 10.7. The highest BCUT2D eigenvalue weighted by Gasteiger charge is 2.36. The molecular formula is C22H33N5O2. The largest absolute Gasteiger partial charge is 0.444 e. The molecule has 1 aromatic carbocycles. The molecule has 3 aliphatic rings. The normalized spacial score (nSPS) is 21.4. The van der Waals surface area contributed by atoms with Crippen LogP contribution in [-0.2, 0) is 17.7 Å². The lowest BCUT2D eigenvalue weighted by Crippen LogP contribution is -2.57. The number of fused-ring (bicyclic) bond motifs is 2. The van der Waals surface area contributed by atoms with Crippen LogP contribution < -0.4 is 10.2 Å². The molecule has 3 aliphatic heterocycles. The molecule has 1 fully saturated rings. The number of nitrogens with zero attached hydrogens (tertiary/aromatic N) is 4. The molecule has 7 heteroatoms. The number of anilines is 1. The molecule has 4 rings (SSSR count). The summed E-state index contributed by atoms with van der Waals surface area (Å²) in [5, 5.41) is 3.53. The minimum Gasteiger partial charge on any atom is -0.444 e. The monoisotopic (exact) mass is 399 g/mol. The average molecular weight is 400 g/mol. The second-order valence-electron chi connectivity index (χ2n) is 9.28. The number of hydrogen-bond acceptors (Lipinski definition) is 6. The Hall–Kier alpha value is -2.44. The van der Waals surface area contributed by atoms with Crippen molar-refractivity contribution in [2.24, 2.45) is 4.99 Å². The lowest BCUT2D eigenvalue weighted by atomic mass is 9.99. The molecule has 1 atom stereocenters. The van der Waals surface area contributed by atoms with Crippen LogP contribution in [0.3, 0.4) is 0 Å². The summed E-state index contributed by atoms with van der Waals surface area (Å²) in [6.07, 6.45) is 2.15. The van der Waals surface area contributed by atoms with E-state index < -0.39 is 5.60 Å². The number of nitrogens with one attached hydrogen (secondary N) is 1. The van der Waals surface area contributed by atoms with Crippen LogP contribution in [0.1, 0.15) is 38.3 Å². The number of carbonyl (C=O) groups is 1. The molecule has 3 heterocycles. The maximum absolute atomic E-state index is 12.4. The number of guanidine groups is 1. The van der Waals surface area contributed by atoms with Crippen LogP contribution in [0.2, 0.25) is 0 Å². The Morgan fingerprint density at radius 2 is 2.10 bits per heavy atom. The van der Waals surface area contributed by atoms with Gasteiger partial charge in [-0.3, -0.25) is 4.99 Å². The number of aryl methyl sites for hydroxylation is 1. The highest BCUT2D eigenvalue weighted by Crippen LogP contribution is 2.27. The fraction of sp³-hybridized carbons (Fsp3) is 0.636. The number of carbonyl (C=O) groups excluding carboxylic acids is 1. The molecular weight excluding hydrogens is 366 g/mol. The summed E-state index contributed by atoms with van der Waals surface area (Å²) in [6, 6.07) is 7.01. The van der Waals surface area contributed by atoms with E-state index in [0.717, 1.165) is 38.6 Å². The highest BCUT2D eigenvalue weighted by atomic mass is 16.6. The molecule has 29 heavy (non-hydrogen) atoms. The first-order chi connectivity index (χ1) is 13.8. The van der Waals surface area contributed by atoms with Gasteiger partial charge in [0.05, 0.1) is 12.6 Å². The number of rotatable bonds is 2. The second-order valence-corrected chi connectivity index (χ2v) is 9.28. The van der Waals surface area contributed by atoms with Gasteiger partial charge < -0.3 is 24.8 Å². The van der Waals surface area contributed by atoms with Crippen molar-refractivity contribution in [2.75, 3.05) is 44.7 Å². The van der Waals surface area contributed by atoms with Gasteiger partial charge in [0, 0.05) is 45.5 Å². The van der Waals surface area contributed by atoms with Crippen LogP contribution in [0, 0.1) is 0 Å². The van der Waals surface area contributed by atoms with E-state index in [4.69, 9.17) is 9.73 Å². The van der Waals surface area contributed by atoms with Crippen LogP contribution in [0.4, 0.5) is 10.5 Å². The van der Waals surface area contributed by atoms with Gasteiger partial charge in [0.15, 0.2) is 5.96 Å². The lowest BCUT2D eigenvalue weighted by molar-refractivity contribution is 0.0137. The van der Waals surface area contributed by atoms with Crippen LogP contribution >= 0.6 is 0 Å². The highest BCUT2D eigenvalue weighted by molar-refractivity contribution is 5.82. The zero-order chi connectivity index (χ0) is 20.6. The Bertz CT molecular complexity index is 801. The quantitative estimate of drug-likeness (QED) is 0.828. The van der Waals surface area contributed by atoms with Crippen molar-refractivity contribution >= 4 is 17.7 Å². The van der Waals surface area contributed by atoms with Gasteiger partial charge in [-0.25, -0.2) is 4.79 Å². The number of amides is 1. The third-order valence-corrected chi connectivity index (χ3v) is 5.80. The van der Waals surface area contributed by atoms with Crippen molar-refractivity contribution in [2.45, 2.75) is 51.8 Å². The Labute approximate surface area is 173 Å². The fourth-order valence-electron chi connectivity index (χ4n) is 4.35. The summed E-state index contributed by atoms with van der Waals surface area (Å²) in [7, 11) is 2.17. The molecule has 0 saturated carbocycles. The molecule has 158 valence electrons. The Morgan fingerprint density at radius 1 is 1.28 bits per heavy atom. The number of benzene rings is 1. The second kappa shape index (κ2) is 7.76. The molecule has 1 amide bonds. The van der Waals surface area contributed by atoms with Gasteiger partial charge in [-0.1, -0.05) is 12.1 Å². The molecule has 0 radical (unpaired) electrons. The topological polar surface area (TPSA) is 60.4 Å². The van der Waals surface area contributed by atoms with Crippen LogP contribution in [0.15, 0.2) is 23.2 Å². The van der Waals surface area contributed by atoms with Crippen molar-refractivity contribution in [1.82, 2.24) is 15.1 Å². The minimum atomic E-state index is -0.462. The van der Waals surface area contributed by atoms with E-state index in [9.17, 15) is 4.79 Å². The van der Waals surface area contributed by atoms with Crippen molar-refractivity contribution in [3.05, 3.63) is 29.3 Å². The van der Waals surface area contributed by atoms with Crippen LogP contribution in [0.25, 0.3) is 0 Å². The lowest BCUT2D eigenvalue weighted by Gasteiger charge is -2.39. The van der Waals surface area contributed by atoms with Crippen molar-refractivity contribution in [1.29, 1.82) is 0 Å². The number of aliphatic imine (C=N–C) groups is 1. The third-order valence-electron chi connectivity index (χ3n) is 5.80. The summed E-state index contributed by atoms with van der Waals surface area (Å²) in [5.74, 6) is 0.952. The van der Waals surface area contributed by atoms with Crippen LogP contribution in [0.5, 0.6) is 0 Å². The van der Waals surface area contributed by atoms with Gasteiger partial charge in [-0.2, -0.15) is 0 Å². The van der Waals surface area contributed by atoms with E-state index in [-0.39, 0.29) is 12.1 Å². The van der Waals surface area contributed by atoms with E-state index in [0.29, 0.717) is 13.1 Å². The number of piperazine rings is 1. The van der Waals surface area contributed by atoms with Crippen molar-refractivity contribution in [3.8, 4) is 0 Å². The molecule has 1 saturated heterocycles. The molecule has 0 spiro atoms. The zero-order valence-electron chi connectivity index (χ0n) is 18.1. The molecule has 0 aromatic heterocycles. The first-order valence-electron chi connectivity index (χ1n) is 10.7. The molecule has 7 nitrogen and oxygen atoms in total. The van der Waals surface area contributed by atoms with E-state index in [1.165, 1.54) is 23.2 Å².